The number of nitrogens with one attached hydrogen (secondary N) is 1. The molecule has 3 aromatic rings. The van der Waals surface area contributed by atoms with Crippen LogP contribution in [0, 0.1) is 0 Å². The highest BCUT2D eigenvalue weighted by Crippen LogP contribution is 2.23. The van der Waals surface area contributed by atoms with Gasteiger partial charge in [0.1, 0.15) is 18.5 Å². The zero-order valence-corrected chi connectivity index (χ0v) is 17.3. The Hall–Kier alpha value is -3.36. The second-order valence-corrected chi connectivity index (χ2v) is 7.40. The van der Waals surface area contributed by atoms with E-state index in [1.165, 1.54) is 12.4 Å². The first-order valence-corrected chi connectivity index (χ1v) is 10.1. The fourth-order valence-electron chi connectivity index (χ4n) is 3.05. The van der Waals surface area contributed by atoms with E-state index in [2.05, 4.69) is 10.3 Å². The van der Waals surface area contributed by atoms with Gasteiger partial charge in [-0.25, -0.2) is 0 Å². The van der Waals surface area contributed by atoms with Crippen molar-refractivity contribution in [3.8, 4) is 5.75 Å². The zero-order chi connectivity index (χ0) is 23.0. The lowest BCUT2D eigenvalue weighted by Crippen LogP contribution is -2.55. The average Bonchev–Trinajstić information content (AvgIpc) is 2.82. The molecule has 4 N–H and O–H groups in total. The summed E-state index contributed by atoms with van der Waals surface area (Å²) < 4.78 is 34.5. The van der Waals surface area contributed by atoms with E-state index >= 15 is 0 Å². The van der Waals surface area contributed by atoms with Crippen molar-refractivity contribution in [1.29, 1.82) is 0 Å². The second-order valence-electron chi connectivity index (χ2n) is 7.40. The van der Waals surface area contributed by atoms with Gasteiger partial charge in [-0.1, -0.05) is 48.5 Å². The minimum atomic E-state index is -4.04. The van der Waals surface area contributed by atoms with Crippen LogP contribution in [0.25, 0.3) is 0 Å². The van der Waals surface area contributed by atoms with Crippen LogP contribution < -0.4 is 15.8 Å². The van der Waals surface area contributed by atoms with E-state index in [-0.39, 0.29) is 13.0 Å². The SMILES string of the molecule is NC(Cc1ccc(OCc2ccccc2)cc1)C(O)C(F)(F)C(=O)NCc1cccnc1. The van der Waals surface area contributed by atoms with E-state index in [9.17, 15) is 18.7 Å². The van der Waals surface area contributed by atoms with Crippen LogP contribution in [0.1, 0.15) is 16.7 Å². The monoisotopic (exact) mass is 441 g/mol. The lowest BCUT2D eigenvalue weighted by Gasteiger charge is -2.26. The number of carbonyl (C=O) groups is 1. The number of amides is 1. The zero-order valence-electron chi connectivity index (χ0n) is 17.3. The van der Waals surface area contributed by atoms with Gasteiger partial charge in [0.25, 0.3) is 5.91 Å². The molecule has 0 saturated carbocycles. The number of aromatic nitrogens is 1. The first-order valence-electron chi connectivity index (χ1n) is 10.1. The number of benzene rings is 2. The van der Waals surface area contributed by atoms with Gasteiger partial charge in [0, 0.05) is 25.0 Å². The number of nitrogens with zero attached hydrogens (tertiary/aromatic N) is 1. The minimum absolute atomic E-state index is 0.0361. The fraction of sp³-hybridized carbons (Fsp3) is 0.250. The predicted octanol–water partition coefficient (Wildman–Crippen LogP) is 2.84. The van der Waals surface area contributed by atoms with Crippen LogP contribution in [0.2, 0.25) is 0 Å². The Morgan fingerprint density at radius 2 is 1.72 bits per heavy atom. The van der Waals surface area contributed by atoms with E-state index in [1.54, 1.807) is 36.4 Å². The summed E-state index contributed by atoms with van der Waals surface area (Å²) in [5.74, 6) is -5.01. The summed E-state index contributed by atoms with van der Waals surface area (Å²) >= 11 is 0. The molecule has 0 fully saturated rings. The van der Waals surface area contributed by atoms with E-state index in [0.29, 0.717) is 23.5 Å². The molecule has 1 heterocycles. The van der Waals surface area contributed by atoms with Crippen molar-refractivity contribution < 1.29 is 23.4 Å². The summed E-state index contributed by atoms with van der Waals surface area (Å²) in [6.07, 6.45) is 0.606. The van der Waals surface area contributed by atoms with Crippen molar-refractivity contribution >= 4 is 5.91 Å². The van der Waals surface area contributed by atoms with E-state index in [1.807, 2.05) is 30.3 Å². The van der Waals surface area contributed by atoms with Gasteiger partial charge in [-0.2, -0.15) is 8.78 Å². The molecule has 1 amide bonds. The topological polar surface area (TPSA) is 97.5 Å². The number of hydrogen-bond acceptors (Lipinski definition) is 5. The Balaban J connectivity index is 1.52. The Bertz CT molecular complexity index is 986. The molecule has 0 aliphatic heterocycles. The minimum Gasteiger partial charge on any atom is -0.489 e. The highest BCUT2D eigenvalue weighted by molar-refractivity contribution is 5.84. The Morgan fingerprint density at radius 3 is 2.38 bits per heavy atom. The van der Waals surface area contributed by atoms with Crippen LogP contribution in [-0.2, 0) is 24.4 Å². The Labute approximate surface area is 185 Å². The number of halogens is 2. The maximum atomic E-state index is 14.4. The molecule has 0 aliphatic rings. The van der Waals surface area contributed by atoms with Crippen molar-refractivity contribution in [3.63, 3.8) is 0 Å². The highest BCUT2D eigenvalue weighted by atomic mass is 19.3. The third-order valence-corrected chi connectivity index (χ3v) is 4.90. The van der Waals surface area contributed by atoms with Gasteiger partial charge in [-0.05, 0) is 41.3 Å². The Kier molecular flexibility index (Phi) is 7.86. The summed E-state index contributed by atoms with van der Waals surface area (Å²) in [7, 11) is 0. The van der Waals surface area contributed by atoms with Gasteiger partial charge in [-0.15, -0.1) is 0 Å². The Morgan fingerprint density at radius 1 is 1.03 bits per heavy atom. The molecule has 0 radical (unpaired) electrons. The van der Waals surface area contributed by atoms with Crippen molar-refractivity contribution in [2.45, 2.75) is 37.6 Å². The quantitative estimate of drug-likeness (QED) is 0.450. The van der Waals surface area contributed by atoms with Crippen molar-refractivity contribution in [2.75, 3.05) is 0 Å². The summed E-state index contributed by atoms with van der Waals surface area (Å²) in [6, 6.07) is 18.4. The van der Waals surface area contributed by atoms with Crippen LogP contribution in [0.4, 0.5) is 8.78 Å². The molecule has 0 spiro atoms. The van der Waals surface area contributed by atoms with Crippen LogP contribution in [0.3, 0.4) is 0 Å². The molecule has 32 heavy (non-hydrogen) atoms. The molecule has 1 aromatic heterocycles. The molecule has 8 heteroatoms. The molecule has 2 unspecified atom stereocenters. The molecule has 2 atom stereocenters. The third kappa shape index (κ3) is 6.32. The van der Waals surface area contributed by atoms with Gasteiger partial charge in [-0.3, -0.25) is 9.78 Å². The molecule has 3 rings (SSSR count). The third-order valence-electron chi connectivity index (χ3n) is 4.90. The van der Waals surface area contributed by atoms with Gasteiger partial charge < -0.3 is 20.9 Å². The number of carbonyl (C=O) groups excluding carboxylic acids is 1. The van der Waals surface area contributed by atoms with Gasteiger partial charge in [0.15, 0.2) is 0 Å². The fourth-order valence-corrected chi connectivity index (χ4v) is 3.05. The number of rotatable bonds is 10. The molecule has 2 aromatic carbocycles. The van der Waals surface area contributed by atoms with Gasteiger partial charge in [0.2, 0.25) is 0 Å². The van der Waals surface area contributed by atoms with Crippen molar-refractivity contribution in [2.24, 2.45) is 5.73 Å². The summed E-state index contributed by atoms with van der Waals surface area (Å²) in [4.78, 5) is 15.8. The number of aliphatic hydroxyl groups excluding tert-OH is 1. The number of aliphatic hydroxyl groups is 1. The molecule has 0 aliphatic carbocycles. The smallest absolute Gasteiger partial charge is 0.351 e. The lowest BCUT2D eigenvalue weighted by molar-refractivity contribution is -0.165. The van der Waals surface area contributed by atoms with Crippen LogP contribution in [0.5, 0.6) is 5.75 Å². The van der Waals surface area contributed by atoms with Crippen LogP contribution in [0.15, 0.2) is 79.1 Å². The van der Waals surface area contributed by atoms with Gasteiger partial charge >= 0.3 is 5.92 Å². The van der Waals surface area contributed by atoms with Crippen LogP contribution in [-0.4, -0.2) is 34.1 Å². The maximum Gasteiger partial charge on any atom is 0.351 e. The standard InChI is InChI=1S/C24H25F2N3O3/c25-24(26,23(31)29-15-19-7-4-12-28-14-19)22(30)21(27)13-17-8-10-20(11-9-17)32-16-18-5-2-1-3-6-18/h1-12,14,21-22,30H,13,15-16,27H2,(H,29,31). The molecular formula is C24H25F2N3O3. The largest absolute Gasteiger partial charge is 0.489 e. The van der Waals surface area contributed by atoms with E-state index < -0.39 is 24.0 Å². The second kappa shape index (κ2) is 10.8. The summed E-state index contributed by atoms with van der Waals surface area (Å²) in [6.45, 7) is 0.271. The number of nitrogens with two attached hydrogens (primary N) is 1. The number of ether oxygens (including phenoxy) is 1. The van der Waals surface area contributed by atoms with Gasteiger partial charge in [0.05, 0.1) is 0 Å². The molecular weight excluding hydrogens is 416 g/mol. The number of alkyl halides is 2. The normalized spacial score (nSPS) is 13.2. The van der Waals surface area contributed by atoms with Crippen LogP contribution >= 0.6 is 0 Å². The molecule has 6 nitrogen and oxygen atoms in total. The first kappa shape index (κ1) is 23.3. The maximum absolute atomic E-state index is 14.4. The predicted molar refractivity (Wildman–Crippen MR) is 116 cm³/mol. The first-order chi connectivity index (χ1) is 15.4. The lowest BCUT2D eigenvalue weighted by atomic mass is 9.97. The summed E-state index contributed by atoms with van der Waals surface area (Å²) in [5.41, 5.74) is 8.02. The van der Waals surface area contributed by atoms with E-state index in [0.717, 1.165) is 5.56 Å². The average molecular weight is 441 g/mol. The molecule has 0 saturated heterocycles. The summed E-state index contributed by atoms with van der Waals surface area (Å²) in [5, 5.41) is 12.2. The number of hydrogen-bond donors (Lipinski definition) is 3. The highest BCUT2D eigenvalue weighted by Gasteiger charge is 2.49. The molecule has 0 bridgehead atoms. The number of pyridine rings is 1. The molecule has 168 valence electrons. The van der Waals surface area contributed by atoms with Crippen molar-refractivity contribution in [3.05, 3.63) is 95.8 Å². The van der Waals surface area contributed by atoms with Crippen molar-refractivity contribution in [1.82, 2.24) is 10.3 Å². The van der Waals surface area contributed by atoms with E-state index in [4.69, 9.17) is 10.5 Å².